The van der Waals surface area contributed by atoms with Crippen LogP contribution < -0.4 is 0 Å². The maximum atomic E-state index is 6.20. The van der Waals surface area contributed by atoms with E-state index in [2.05, 4.69) is 32.6 Å². The summed E-state index contributed by atoms with van der Waals surface area (Å²) in [4.78, 5) is 8.93. The first-order valence-corrected chi connectivity index (χ1v) is 7.96. The number of halogens is 4. The minimum Gasteiger partial charge on any atom is -0.231 e. The van der Waals surface area contributed by atoms with E-state index < -0.39 is 0 Å². The van der Waals surface area contributed by atoms with Gasteiger partial charge in [0.15, 0.2) is 5.82 Å². The first-order chi connectivity index (χ1) is 9.08. The molecular formula is C13H8Cl3IN2. The van der Waals surface area contributed by atoms with Crippen molar-refractivity contribution in [1.29, 1.82) is 0 Å². The number of nitrogens with zero attached hydrogens (tertiary/aromatic N) is 2. The molecule has 1 aliphatic carbocycles. The molecule has 0 radical (unpaired) electrons. The predicted molar refractivity (Wildman–Crippen MR) is 87.2 cm³/mol. The maximum Gasteiger partial charge on any atom is 0.164 e. The summed E-state index contributed by atoms with van der Waals surface area (Å²) < 4.78 is 0.925. The average molecular weight is 425 g/mol. The summed E-state index contributed by atoms with van der Waals surface area (Å²) in [7, 11) is 0. The topological polar surface area (TPSA) is 25.8 Å². The Morgan fingerprint density at radius 1 is 1.05 bits per heavy atom. The van der Waals surface area contributed by atoms with Gasteiger partial charge in [-0.05, 0) is 47.6 Å². The fourth-order valence-electron chi connectivity index (χ4n) is 1.89. The molecule has 0 aliphatic heterocycles. The molecule has 2 nitrogen and oxygen atoms in total. The molecule has 0 unspecified atom stereocenters. The van der Waals surface area contributed by atoms with Gasteiger partial charge in [0.05, 0.1) is 24.9 Å². The molecule has 1 aromatic carbocycles. The molecule has 0 N–H and O–H groups in total. The Bertz CT molecular complexity index is 636. The monoisotopic (exact) mass is 424 g/mol. The molecule has 3 rings (SSSR count). The van der Waals surface area contributed by atoms with Gasteiger partial charge in [0.1, 0.15) is 5.15 Å². The van der Waals surface area contributed by atoms with Crippen molar-refractivity contribution in [2.75, 3.05) is 0 Å². The average Bonchev–Trinajstić information content (AvgIpc) is 3.17. The van der Waals surface area contributed by atoms with Crippen LogP contribution in [0.5, 0.6) is 0 Å². The zero-order valence-electron chi connectivity index (χ0n) is 9.63. The predicted octanol–water partition coefficient (Wildman–Crippen LogP) is 5.59. The Balaban J connectivity index is 2.20. The van der Waals surface area contributed by atoms with Gasteiger partial charge in [0.25, 0.3) is 0 Å². The van der Waals surface area contributed by atoms with Gasteiger partial charge in [-0.3, -0.25) is 0 Å². The molecule has 0 bridgehead atoms. The lowest BCUT2D eigenvalue weighted by atomic mass is 10.2. The first kappa shape index (κ1) is 13.9. The molecule has 1 fully saturated rings. The zero-order chi connectivity index (χ0) is 13.6. The molecule has 1 saturated carbocycles. The van der Waals surface area contributed by atoms with E-state index in [1.165, 1.54) is 0 Å². The van der Waals surface area contributed by atoms with Gasteiger partial charge < -0.3 is 0 Å². The smallest absolute Gasteiger partial charge is 0.164 e. The number of benzene rings is 1. The van der Waals surface area contributed by atoms with Crippen LogP contribution in [0.15, 0.2) is 18.2 Å². The van der Waals surface area contributed by atoms with E-state index in [0.717, 1.165) is 22.1 Å². The van der Waals surface area contributed by atoms with E-state index in [0.29, 0.717) is 32.5 Å². The van der Waals surface area contributed by atoms with Gasteiger partial charge in [0, 0.05) is 5.92 Å². The molecule has 2 aromatic rings. The van der Waals surface area contributed by atoms with E-state index in [1.807, 2.05) is 0 Å². The summed E-state index contributed by atoms with van der Waals surface area (Å²) in [5.74, 6) is 0.996. The molecule has 0 amide bonds. The number of rotatable bonds is 2. The molecule has 1 aromatic heterocycles. The van der Waals surface area contributed by atoms with Gasteiger partial charge >= 0.3 is 0 Å². The highest BCUT2D eigenvalue weighted by molar-refractivity contribution is 14.1. The Morgan fingerprint density at radius 2 is 1.68 bits per heavy atom. The van der Waals surface area contributed by atoms with Crippen LogP contribution in [0, 0.1) is 3.57 Å². The quantitative estimate of drug-likeness (QED) is 0.463. The summed E-state index contributed by atoms with van der Waals surface area (Å²) in [5, 5.41) is 1.53. The third-order valence-electron chi connectivity index (χ3n) is 2.99. The molecule has 0 spiro atoms. The molecule has 6 heteroatoms. The third kappa shape index (κ3) is 2.71. The minimum atomic E-state index is 0.462. The second-order valence-corrected chi connectivity index (χ2v) is 6.66. The Hall–Kier alpha value is -0.100. The summed E-state index contributed by atoms with van der Waals surface area (Å²) >= 11 is 20.8. The molecule has 98 valence electrons. The highest BCUT2D eigenvalue weighted by Crippen LogP contribution is 2.43. The van der Waals surface area contributed by atoms with Gasteiger partial charge in [-0.15, -0.1) is 0 Å². The second kappa shape index (κ2) is 5.35. The van der Waals surface area contributed by atoms with Crippen molar-refractivity contribution in [2.45, 2.75) is 18.8 Å². The molecule has 0 atom stereocenters. The van der Waals surface area contributed by atoms with Crippen molar-refractivity contribution in [3.8, 4) is 11.4 Å². The molecule has 1 heterocycles. The Labute approximate surface area is 139 Å². The van der Waals surface area contributed by atoms with Crippen molar-refractivity contribution in [1.82, 2.24) is 9.97 Å². The van der Waals surface area contributed by atoms with Crippen molar-refractivity contribution in [2.24, 2.45) is 0 Å². The van der Waals surface area contributed by atoms with Gasteiger partial charge in [0.2, 0.25) is 0 Å². The van der Waals surface area contributed by atoms with Gasteiger partial charge in [-0.25, -0.2) is 9.97 Å². The van der Waals surface area contributed by atoms with E-state index in [1.54, 1.807) is 18.2 Å². The fourth-order valence-corrected chi connectivity index (χ4v) is 3.31. The largest absolute Gasteiger partial charge is 0.231 e. The molecule has 19 heavy (non-hydrogen) atoms. The van der Waals surface area contributed by atoms with E-state index in [4.69, 9.17) is 34.8 Å². The van der Waals surface area contributed by atoms with Gasteiger partial charge in [-0.2, -0.15) is 0 Å². The SMILES string of the molecule is Clc1cccc(Cl)c1-c1nc(Cl)c(I)c(C2CC2)n1. The summed E-state index contributed by atoms with van der Waals surface area (Å²) in [6.45, 7) is 0. The first-order valence-electron chi connectivity index (χ1n) is 5.75. The number of hydrogen-bond donors (Lipinski definition) is 0. The van der Waals surface area contributed by atoms with Crippen LogP contribution in [-0.4, -0.2) is 9.97 Å². The Kier molecular flexibility index (Phi) is 3.91. The fraction of sp³-hybridized carbons (Fsp3) is 0.231. The van der Waals surface area contributed by atoms with Gasteiger partial charge in [-0.1, -0.05) is 40.9 Å². The molecule has 1 aliphatic rings. The van der Waals surface area contributed by atoms with Crippen molar-refractivity contribution in [3.63, 3.8) is 0 Å². The van der Waals surface area contributed by atoms with E-state index in [9.17, 15) is 0 Å². The Morgan fingerprint density at radius 3 is 2.26 bits per heavy atom. The van der Waals surface area contributed by atoms with Crippen molar-refractivity contribution >= 4 is 57.4 Å². The highest BCUT2D eigenvalue weighted by atomic mass is 127. The summed E-state index contributed by atoms with van der Waals surface area (Å²) in [6.07, 6.45) is 2.30. The lowest BCUT2D eigenvalue weighted by Crippen LogP contribution is -2.00. The maximum absolute atomic E-state index is 6.20. The van der Waals surface area contributed by atoms with Crippen LogP contribution in [0.3, 0.4) is 0 Å². The zero-order valence-corrected chi connectivity index (χ0v) is 14.1. The molecular weight excluding hydrogens is 417 g/mol. The summed E-state index contributed by atoms with van der Waals surface area (Å²) in [5.41, 5.74) is 1.65. The second-order valence-electron chi connectivity index (χ2n) is 4.41. The van der Waals surface area contributed by atoms with Crippen molar-refractivity contribution < 1.29 is 0 Å². The lowest BCUT2D eigenvalue weighted by Gasteiger charge is -2.10. The van der Waals surface area contributed by atoms with Crippen LogP contribution in [0.4, 0.5) is 0 Å². The number of aromatic nitrogens is 2. The van der Waals surface area contributed by atoms with Crippen LogP contribution in [0.25, 0.3) is 11.4 Å². The molecule has 0 saturated heterocycles. The normalized spacial score (nSPS) is 14.7. The summed E-state index contributed by atoms with van der Waals surface area (Å²) in [6, 6.07) is 5.34. The van der Waals surface area contributed by atoms with Crippen LogP contribution >= 0.6 is 57.4 Å². The van der Waals surface area contributed by atoms with E-state index in [-0.39, 0.29) is 0 Å². The highest BCUT2D eigenvalue weighted by Gasteiger charge is 2.29. The standard InChI is InChI=1S/C13H8Cl3IN2/c14-7-2-1-3-8(15)9(7)13-18-11(6-4-5-6)10(17)12(16)19-13/h1-3,6H,4-5H2. The van der Waals surface area contributed by atoms with E-state index >= 15 is 0 Å². The van der Waals surface area contributed by atoms with Crippen LogP contribution in [-0.2, 0) is 0 Å². The third-order valence-corrected chi connectivity index (χ3v) is 5.27. The van der Waals surface area contributed by atoms with Crippen molar-refractivity contribution in [3.05, 3.63) is 42.7 Å². The minimum absolute atomic E-state index is 0.462. The lowest BCUT2D eigenvalue weighted by molar-refractivity contribution is 0.978. The van der Waals surface area contributed by atoms with Crippen LogP contribution in [0.2, 0.25) is 15.2 Å². The number of hydrogen-bond acceptors (Lipinski definition) is 2. The van der Waals surface area contributed by atoms with Crippen LogP contribution in [0.1, 0.15) is 24.5 Å².